The number of nitriles is 1. The number of aliphatic hydroxyl groups excluding tert-OH is 1. The number of alkyl halides is 3. The lowest BCUT2D eigenvalue weighted by Gasteiger charge is -2.35. The third-order valence-corrected chi connectivity index (χ3v) is 14.3. The molecule has 2 aliphatic rings. The highest BCUT2D eigenvalue weighted by atomic mass is 32.1. The molecule has 5 aromatic rings. The molecule has 3 N–H and O–H groups in total. The number of thiocarbonyl (C=S) groups is 1. The number of benzene rings is 3. The molecule has 2 fully saturated rings. The van der Waals surface area contributed by atoms with Gasteiger partial charge in [0.25, 0.3) is 5.91 Å². The molecule has 76 heavy (non-hydrogen) atoms. The van der Waals surface area contributed by atoms with E-state index in [2.05, 4.69) is 20.6 Å². The SMILES string of the molecule is Cc1ncsc1-c1ccc([C@H](C)NC(=O)[C@@H]2C[C@@H](O)CN2C(=O)[C@@H](NC(=O)COCCCCOc2ccc(-c3ncc(N4C(=S)N(c5ccc(C#N)c(C(F)(F)F)c5F)C(=O)C4(C)C)cc3F)cc2F)C(C)(C)C)cc1. The van der Waals surface area contributed by atoms with Gasteiger partial charge < -0.3 is 35.0 Å². The number of carbonyl (C=O) groups excluding carboxylic acids is 4. The Morgan fingerprint density at radius 1 is 0.974 bits per heavy atom. The summed E-state index contributed by atoms with van der Waals surface area (Å²) < 4.78 is 99.0. The summed E-state index contributed by atoms with van der Waals surface area (Å²) in [4.78, 5) is 66.9. The molecular weight excluding hydrogens is 1040 g/mol. The maximum atomic E-state index is 15.8. The number of rotatable bonds is 17. The Balaban J connectivity index is 0.880. The van der Waals surface area contributed by atoms with Crippen molar-refractivity contribution in [2.45, 2.75) is 104 Å². The normalized spacial score (nSPS) is 17.4. The van der Waals surface area contributed by atoms with Crippen molar-refractivity contribution in [1.29, 1.82) is 5.26 Å². The van der Waals surface area contributed by atoms with Crippen LogP contribution >= 0.6 is 23.6 Å². The fraction of sp³-hybridized carbons (Fsp3) is 0.396. The minimum atomic E-state index is -5.28. The number of pyridine rings is 1. The van der Waals surface area contributed by atoms with Crippen molar-refractivity contribution in [3.8, 4) is 33.5 Å². The maximum Gasteiger partial charge on any atom is 0.420 e. The van der Waals surface area contributed by atoms with E-state index in [0.717, 1.165) is 51.0 Å². The van der Waals surface area contributed by atoms with Gasteiger partial charge in [-0.05, 0) is 99.6 Å². The molecule has 0 saturated carbocycles. The highest BCUT2D eigenvalue weighted by molar-refractivity contribution is 7.81. The van der Waals surface area contributed by atoms with E-state index in [-0.39, 0.29) is 48.9 Å². The zero-order chi connectivity index (χ0) is 55.6. The maximum absolute atomic E-state index is 15.8. The average Bonchev–Trinajstić information content (AvgIpc) is 4.03. The third kappa shape index (κ3) is 12.0. The molecule has 2 saturated heterocycles. The predicted molar refractivity (Wildman–Crippen MR) is 274 cm³/mol. The van der Waals surface area contributed by atoms with Crippen LogP contribution in [0, 0.1) is 41.1 Å². The number of β-amino-alcohol motifs (C(OH)–C–C–N with tert-alkyl or cyclic N) is 1. The Morgan fingerprint density at radius 2 is 1.66 bits per heavy atom. The van der Waals surface area contributed by atoms with Crippen molar-refractivity contribution in [2.75, 3.05) is 36.2 Å². The van der Waals surface area contributed by atoms with Crippen molar-refractivity contribution in [1.82, 2.24) is 25.5 Å². The molecule has 15 nitrogen and oxygen atoms in total. The van der Waals surface area contributed by atoms with Gasteiger partial charge in [-0.3, -0.25) is 29.1 Å². The Labute approximate surface area is 443 Å². The van der Waals surface area contributed by atoms with Crippen LogP contribution in [0.25, 0.3) is 21.7 Å². The lowest BCUT2D eigenvalue weighted by Crippen LogP contribution is -2.58. The Bertz CT molecular complexity index is 3090. The van der Waals surface area contributed by atoms with Crippen LogP contribution in [0.15, 0.2) is 72.4 Å². The number of hydrogen-bond donors (Lipinski definition) is 3. The van der Waals surface area contributed by atoms with Gasteiger partial charge in [-0.2, -0.15) is 18.4 Å². The second-order valence-electron chi connectivity index (χ2n) is 19.9. The van der Waals surface area contributed by atoms with Crippen molar-refractivity contribution in [3.05, 3.63) is 112 Å². The average molecular weight is 1090 g/mol. The van der Waals surface area contributed by atoms with Crippen LogP contribution in [0.5, 0.6) is 5.75 Å². The Hall–Kier alpha value is -7.00. The molecule has 2 aliphatic heterocycles. The van der Waals surface area contributed by atoms with E-state index in [1.807, 2.05) is 38.1 Å². The number of aromatic nitrogens is 2. The number of anilines is 2. The smallest absolute Gasteiger partial charge is 0.420 e. The number of carbonyl (C=O) groups is 4. The molecule has 23 heteroatoms. The summed E-state index contributed by atoms with van der Waals surface area (Å²) >= 11 is 6.97. The lowest BCUT2D eigenvalue weighted by atomic mass is 9.85. The second-order valence-corrected chi connectivity index (χ2v) is 21.1. The summed E-state index contributed by atoms with van der Waals surface area (Å²) in [6.07, 6.45) is -4.32. The molecule has 402 valence electrons. The monoisotopic (exact) mass is 1090 g/mol. The molecule has 0 unspecified atom stereocenters. The first-order chi connectivity index (χ1) is 35.7. The van der Waals surface area contributed by atoms with Crippen LogP contribution in [-0.2, 0) is 30.1 Å². The van der Waals surface area contributed by atoms with Crippen LogP contribution < -0.4 is 25.2 Å². The molecule has 7 rings (SSSR count). The van der Waals surface area contributed by atoms with E-state index in [0.29, 0.717) is 23.8 Å². The molecule has 0 aliphatic carbocycles. The number of thiazole rings is 1. The Kier molecular flexibility index (Phi) is 16.9. The molecule has 2 aromatic heterocycles. The lowest BCUT2D eigenvalue weighted by molar-refractivity contribution is -0.144. The summed E-state index contributed by atoms with van der Waals surface area (Å²) in [7, 11) is 0. The fourth-order valence-electron chi connectivity index (χ4n) is 8.95. The molecule has 0 bridgehead atoms. The van der Waals surface area contributed by atoms with Gasteiger partial charge in [0.2, 0.25) is 17.7 Å². The van der Waals surface area contributed by atoms with Crippen molar-refractivity contribution in [3.63, 3.8) is 0 Å². The molecular formula is C53H54F6N8O7S2. The van der Waals surface area contributed by atoms with Crippen LogP contribution in [0.1, 0.15) is 89.2 Å². The first-order valence-corrected chi connectivity index (χ1v) is 25.3. The van der Waals surface area contributed by atoms with Gasteiger partial charge in [0.15, 0.2) is 28.3 Å². The predicted octanol–water partition coefficient (Wildman–Crippen LogP) is 8.95. The summed E-state index contributed by atoms with van der Waals surface area (Å²) in [6.45, 7) is 11.4. The van der Waals surface area contributed by atoms with Gasteiger partial charge in [-0.1, -0.05) is 45.0 Å². The summed E-state index contributed by atoms with van der Waals surface area (Å²) in [5.74, 6) is -6.37. The number of nitrogens with one attached hydrogen (secondary N) is 2. The number of ether oxygens (including phenoxy) is 2. The first kappa shape index (κ1) is 56.7. The van der Waals surface area contributed by atoms with Gasteiger partial charge in [-0.15, -0.1) is 11.3 Å². The first-order valence-electron chi connectivity index (χ1n) is 24.0. The van der Waals surface area contributed by atoms with Crippen LogP contribution in [0.2, 0.25) is 0 Å². The summed E-state index contributed by atoms with van der Waals surface area (Å²) in [6, 6.07) is 12.7. The number of hydrogen-bond acceptors (Lipinski definition) is 12. The summed E-state index contributed by atoms with van der Waals surface area (Å²) in [5.41, 5.74) is -2.06. The molecule has 4 heterocycles. The quantitative estimate of drug-likeness (QED) is 0.0456. The van der Waals surface area contributed by atoms with Crippen molar-refractivity contribution >= 4 is 63.7 Å². The van der Waals surface area contributed by atoms with Gasteiger partial charge >= 0.3 is 6.18 Å². The minimum absolute atomic E-state index is 0.00507. The number of aliphatic hydroxyl groups is 1. The van der Waals surface area contributed by atoms with E-state index in [4.69, 9.17) is 21.7 Å². The van der Waals surface area contributed by atoms with Crippen LogP contribution in [0.4, 0.5) is 37.7 Å². The van der Waals surface area contributed by atoms with Gasteiger partial charge in [0.05, 0.1) is 64.0 Å². The largest absolute Gasteiger partial charge is 0.491 e. The molecule has 0 radical (unpaired) electrons. The highest BCUT2D eigenvalue weighted by Crippen LogP contribution is 2.43. The molecule has 4 atom stereocenters. The van der Waals surface area contributed by atoms with Crippen LogP contribution in [-0.4, -0.2) is 98.8 Å². The second kappa shape index (κ2) is 22.7. The van der Waals surface area contributed by atoms with Crippen LogP contribution in [0.3, 0.4) is 0 Å². The number of amides is 4. The van der Waals surface area contributed by atoms with Gasteiger partial charge in [0, 0.05) is 31.2 Å². The number of halogens is 6. The van der Waals surface area contributed by atoms with Crippen molar-refractivity contribution in [2.24, 2.45) is 5.41 Å². The summed E-state index contributed by atoms with van der Waals surface area (Å²) in [5, 5.41) is 25.0. The number of unbranched alkanes of at least 4 members (excludes halogenated alkanes) is 1. The standard InChI is InChI=1S/C53H54F6N8O7S2/c1-28(30-10-12-31(13-11-30)45-29(2)62-27-76-45)63-47(70)39-22-35(68)25-65(39)48(71)46(51(3,4)5)64-41(69)26-73-18-8-9-19-74-40-17-15-32(20-36(40)54)44-37(55)21-34(24-61-44)67-50(75)66(49(72)52(67,6)7)38-16-14-33(23-60)42(43(38)56)53(57,58)59/h10-17,20-21,24,27-28,35,39,46,68H,8-9,18-19,22,25-26H2,1-7H3,(H,63,70)(H,64,69)/t28-,35+,39-,46+/m0/s1. The molecule has 4 amide bonds. The van der Waals surface area contributed by atoms with Gasteiger partial charge in [0.1, 0.15) is 35.5 Å². The number of likely N-dealkylation sites (tertiary alicyclic amines) is 1. The van der Waals surface area contributed by atoms with E-state index in [1.54, 1.807) is 26.3 Å². The van der Waals surface area contributed by atoms with Crippen molar-refractivity contribution < 1.29 is 60.1 Å². The zero-order valence-corrected chi connectivity index (χ0v) is 44.0. The highest BCUT2D eigenvalue weighted by Gasteiger charge is 2.52. The number of aryl methyl sites for hydroxylation is 1. The molecule has 0 spiro atoms. The van der Waals surface area contributed by atoms with E-state index in [9.17, 15) is 42.7 Å². The topological polar surface area (TPSA) is 190 Å². The zero-order valence-electron chi connectivity index (χ0n) is 42.4. The third-order valence-electron chi connectivity index (χ3n) is 13.0. The van der Waals surface area contributed by atoms with Gasteiger partial charge in [-0.25, -0.2) is 18.2 Å². The van der Waals surface area contributed by atoms with E-state index in [1.165, 1.54) is 48.3 Å². The van der Waals surface area contributed by atoms with E-state index < -0.39 is 111 Å². The Morgan fingerprint density at radius 3 is 2.28 bits per heavy atom. The molecule has 3 aromatic carbocycles. The fourth-order valence-corrected chi connectivity index (χ4v) is 10.3. The minimum Gasteiger partial charge on any atom is -0.491 e. The van der Waals surface area contributed by atoms with E-state index >= 15 is 13.2 Å². The number of nitrogens with zero attached hydrogens (tertiary/aromatic N) is 6.